The van der Waals surface area contributed by atoms with Crippen LogP contribution >= 0.6 is 11.6 Å². The van der Waals surface area contributed by atoms with Gasteiger partial charge in [-0.15, -0.1) is 11.6 Å². The lowest BCUT2D eigenvalue weighted by Gasteiger charge is -2.34. The summed E-state index contributed by atoms with van der Waals surface area (Å²) in [6.07, 6.45) is 1.92. The monoisotopic (exact) mass is 360 g/mol. The van der Waals surface area contributed by atoms with Gasteiger partial charge in [-0.2, -0.15) is 4.31 Å². The number of amides is 1. The van der Waals surface area contributed by atoms with E-state index in [1.54, 1.807) is 6.20 Å². The van der Waals surface area contributed by atoms with Gasteiger partial charge < -0.3 is 10.2 Å². The Balaban J connectivity index is 1.80. The van der Waals surface area contributed by atoms with Gasteiger partial charge in [0.1, 0.15) is 5.82 Å². The fourth-order valence-corrected chi connectivity index (χ4v) is 3.87. The number of carbonyl (C=O) groups excluding carboxylic acids is 1. The number of alkyl halides is 1. The highest BCUT2D eigenvalue weighted by Crippen LogP contribution is 2.14. The average Bonchev–Trinajstić information content (AvgIpc) is 2.56. The van der Waals surface area contributed by atoms with Crippen LogP contribution in [0.2, 0.25) is 0 Å². The van der Waals surface area contributed by atoms with Gasteiger partial charge in [-0.05, 0) is 12.1 Å². The molecule has 1 saturated heterocycles. The smallest absolute Gasteiger partial charge is 0.221 e. The molecule has 7 nitrogen and oxygen atoms in total. The van der Waals surface area contributed by atoms with Crippen LogP contribution in [0, 0.1) is 0 Å². The maximum atomic E-state index is 12.3. The number of piperazine rings is 1. The Hall–Kier alpha value is -1.38. The second-order valence-corrected chi connectivity index (χ2v) is 7.65. The highest BCUT2D eigenvalue weighted by Gasteiger charge is 2.27. The van der Waals surface area contributed by atoms with E-state index < -0.39 is 10.0 Å². The number of halogens is 1. The Labute approximate surface area is 141 Å². The number of hydrogen-bond acceptors (Lipinski definition) is 5. The zero-order valence-corrected chi connectivity index (χ0v) is 14.4. The molecule has 1 aliphatic rings. The predicted octanol–water partition coefficient (Wildman–Crippen LogP) is 0.279. The van der Waals surface area contributed by atoms with Crippen LogP contribution in [0.4, 0.5) is 5.82 Å². The third-order valence-electron chi connectivity index (χ3n) is 3.61. The van der Waals surface area contributed by atoms with E-state index in [0.717, 1.165) is 5.82 Å². The number of nitrogens with zero attached hydrogens (tertiary/aromatic N) is 3. The number of carbonyl (C=O) groups is 1. The van der Waals surface area contributed by atoms with Gasteiger partial charge in [-0.1, -0.05) is 6.07 Å². The quantitative estimate of drug-likeness (QED) is 0.706. The second-order valence-electron chi connectivity index (χ2n) is 5.18. The molecule has 9 heteroatoms. The molecular weight excluding hydrogens is 340 g/mol. The number of pyridine rings is 1. The molecule has 1 aliphatic heterocycles. The topological polar surface area (TPSA) is 82.6 Å². The minimum atomic E-state index is -3.36. The molecule has 2 heterocycles. The van der Waals surface area contributed by atoms with Crippen LogP contribution in [0.1, 0.15) is 6.42 Å². The molecule has 1 aromatic rings. The van der Waals surface area contributed by atoms with E-state index in [4.69, 9.17) is 11.6 Å². The van der Waals surface area contributed by atoms with Crippen molar-refractivity contribution < 1.29 is 13.2 Å². The molecule has 0 aliphatic carbocycles. The maximum Gasteiger partial charge on any atom is 0.221 e. The summed E-state index contributed by atoms with van der Waals surface area (Å²) in [4.78, 5) is 17.6. The molecule has 0 aromatic carbocycles. The molecule has 23 heavy (non-hydrogen) atoms. The minimum Gasteiger partial charge on any atom is -0.355 e. The fourth-order valence-electron chi connectivity index (χ4n) is 2.36. The van der Waals surface area contributed by atoms with E-state index >= 15 is 0 Å². The van der Waals surface area contributed by atoms with Gasteiger partial charge in [0.05, 0.1) is 5.75 Å². The molecule has 128 valence electrons. The second kappa shape index (κ2) is 8.47. The van der Waals surface area contributed by atoms with Crippen molar-refractivity contribution in [3.8, 4) is 0 Å². The molecule has 0 saturated carbocycles. The van der Waals surface area contributed by atoms with Crippen LogP contribution in [0.25, 0.3) is 0 Å². The summed E-state index contributed by atoms with van der Waals surface area (Å²) in [5, 5.41) is 2.56. The van der Waals surface area contributed by atoms with E-state index in [2.05, 4.69) is 15.2 Å². The van der Waals surface area contributed by atoms with Gasteiger partial charge in [0.2, 0.25) is 15.9 Å². The molecule has 1 N–H and O–H groups in total. The highest BCUT2D eigenvalue weighted by atomic mass is 35.5. The Morgan fingerprint density at radius 2 is 2.00 bits per heavy atom. The van der Waals surface area contributed by atoms with Crippen molar-refractivity contribution in [2.24, 2.45) is 0 Å². The Morgan fingerprint density at radius 1 is 1.26 bits per heavy atom. The lowest BCUT2D eigenvalue weighted by atomic mass is 10.3. The molecule has 0 bridgehead atoms. The summed E-state index contributed by atoms with van der Waals surface area (Å²) in [5.41, 5.74) is 0. The zero-order chi connectivity index (χ0) is 16.7. The Kier molecular flexibility index (Phi) is 6.61. The largest absolute Gasteiger partial charge is 0.355 e. The minimum absolute atomic E-state index is 0.0926. The molecule has 1 aromatic heterocycles. The van der Waals surface area contributed by atoms with Gasteiger partial charge in [-0.3, -0.25) is 4.79 Å². The zero-order valence-electron chi connectivity index (χ0n) is 12.8. The molecule has 0 spiro atoms. The van der Waals surface area contributed by atoms with Gasteiger partial charge in [0.25, 0.3) is 0 Å². The summed E-state index contributed by atoms with van der Waals surface area (Å²) < 4.78 is 26.0. The van der Waals surface area contributed by atoms with Crippen molar-refractivity contribution in [2.45, 2.75) is 6.42 Å². The first kappa shape index (κ1) is 18.0. The van der Waals surface area contributed by atoms with Crippen LogP contribution in [0.15, 0.2) is 24.4 Å². The van der Waals surface area contributed by atoms with Crippen molar-refractivity contribution in [3.63, 3.8) is 0 Å². The van der Waals surface area contributed by atoms with Crippen molar-refractivity contribution in [3.05, 3.63) is 24.4 Å². The predicted molar refractivity (Wildman–Crippen MR) is 90.2 cm³/mol. The summed E-state index contributed by atoms with van der Waals surface area (Å²) in [6, 6.07) is 5.67. The van der Waals surface area contributed by atoms with E-state index in [0.29, 0.717) is 26.2 Å². The summed E-state index contributed by atoms with van der Waals surface area (Å²) in [7, 11) is -3.36. The fraction of sp³-hybridized carbons (Fsp3) is 0.571. The number of aromatic nitrogens is 1. The summed E-state index contributed by atoms with van der Waals surface area (Å²) in [6.45, 7) is 2.17. The van der Waals surface area contributed by atoms with Crippen molar-refractivity contribution in [1.29, 1.82) is 0 Å². The molecule has 1 fully saturated rings. The molecular formula is C14H21ClN4O3S. The van der Waals surface area contributed by atoms with Crippen molar-refractivity contribution >= 4 is 33.3 Å². The van der Waals surface area contributed by atoms with Gasteiger partial charge in [-0.25, -0.2) is 13.4 Å². The van der Waals surface area contributed by atoms with Crippen LogP contribution in [0.5, 0.6) is 0 Å². The van der Waals surface area contributed by atoms with Crippen LogP contribution in [0.3, 0.4) is 0 Å². The van der Waals surface area contributed by atoms with Gasteiger partial charge >= 0.3 is 0 Å². The van der Waals surface area contributed by atoms with Crippen LogP contribution < -0.4 is 10.2 Å². The standard InChI is InChI=1S/C14H21ClN4O3S/c15-5-4-14(20)17-7-12-23(21,22)19-10-8-18(9-11-19)13-3-1-2-6-16-13/h1-3,6H,4-5,7-12H2,(H,17,20). The lowest BCUT2D eigenvalue weighted by Crippen LogP contribution is -2.50. The molecule has 0 unspecified atom stereocenters. The third-order valence-corrected chi connectivity index (χ3v) is 5.67. The highest BCUT2D eigenvalue weighted by molar-refractivity contribution is 7.89. The van der Waals surface area contributed by atoms with Crippen LogP contribution in [-0.4, -0.2) is 68.0 Å². The normalized spacial score (nSPS) is 16.3. The number of sulfonamides is 1. The Bertz CT molecular complexity index is 604. The third kappa shape index (κ3) is 5.33. The van der Waals surface area contributed by atoms with E-state index in [9.17, 15) is 13.2 Å². The SMILES string of the molecule is O=C(CCCl)NCCS(=O)(=O)N1CCN(c2ccccn2)CC1. The number of hydrogen-bond donors (Lipinski definition) is 1. The lowest BCUT2D eigenvalue weighted by molar-refractivity contribution is -0.120. The number of rotatable bonds is 7. The summed E-state index contributed by atoms with van der Waals surface area (Å²) in [5.74, 6) is 0.770. The summed E-state index contributed by atoms with van der Waals surface area (Å²) >= 11 is 5.45. The first-order valence-electron chi connectivity index (χ1n) is 7.49. The van der Waals surface area contributed by atoms with Crippen LogP contribution in [-0.2, 0) is 14.8 Å². The first-order chi connectivity index (χ1) is 11.0. The van der Waals surface area contributed by atoms with Gasteiger partial charge in [0, 0.05) is 51.2 Å². The first-order valence-corrected chi connectivity index (χ1v) is 9.64. The molecule has 0 radical (unpaired) electrons. The van der Waals surface area contributed by atoms with E-state index in [-0.39, 0.29) is 30.5 Å². The van der Waals surface area contributed by atoms with Gasteiger partial charge in [0.15, 0.2) is 0 Å². The maximum absolute atomic E-state index is 12.3. The molecule has 1 amide bonds. The molecule has 2 rings (SSSR count). The Morgan fingerprint density at radius 3 is 2.61 bits per heavy atom. The van der Waals surface area contributed by atoms with E-state index in [1.807, 2.05) is 18.2 Å². The molecule has 0 atom stereocenters. The van der Waals surface area contributed by atoms with Crippen molar-refractivity contribution in [2.75, 3.05) is 49.3 Å². The average molecular weight is 361 g/mol. The van der Waals surface area contributed by atoms with E-state index in [1.165, 1.54) is 4.31 Å². The number of anilines is 1. The van der Waals surface area contributed by atoms with Crippen molar-refractivity contribution in [1.82, 2.24) is 14.6 Å². The number of nitrogens with one attached hydrogen (secondary N) is 1.